The summed E-state index contributed by atoms with van der Waals surface area (Å²) in [4.78, 5) is 53.5. The highest BCUT2D eigenvalue weighted by Crippen LogP contribution is 2.32. The molecule has 0 aliphatic carbocycles. The zero-order valence-corrected chi connectivity index (χ0v) is 20.2. The van der Waals surface area contributed by atoms with Gasteiger partial charge >= 0.3 is 5.97 Å². The molecule has 0 spiro atoms. The smallest absolute Gasteiger partial charge is 0.338 e. The van der Waals surface area contributed by atoms with E-state index in [0.717, 1.165) is 10.3 Å². The van der Waals surface area contributed by atoms with Crippen molar-refractivity contribution in [3.05, 3.63) is 77.4 Å². The molecule has 36 heavy (non-hydrogen) atoms. The second kappa shape index (κ2) is 8.87. The molecule has 0 unspecified atom stereocenters. The standard InChI is InChI=1S/C26H22N2O7S/c1-27(19-12-13-36(33,34)15-19)22(29)14-35-26(32)17-8-10-18(11-9-17)28-24(30)20-6-2-4-16-5-3-7-21(23(16)20)25(28)31/h2-11,19H,12-15H2,1H3/t19-/m0/s1. The predicted molar refractivity (Wildman–Crippen MR) is 132 cm³/mol. The summed E-state index contributed by atoms with van der Waals surface area (Å²) >= 11 is 0. The highest BCUT2D eigenvalue weighted by molar-refractivity contribution is 7.91. The molecular formula is C26H22N2O7S. The molecule has 0 bridgehead atoms. The Morgan fingerprint density at radius 1 is 0.972 bits per heavy atom. The molecule has 0 N–H and O–H groups in total. The third kappa shape index (κ3) is 4.13. The van der Waals surface area contributed by atoms with E-state index in [1.54, 1.807) is 24.3 Å². The molecule has 2 heterocycles. The summed E-state index contributed by atoms with van der Waals surface area (Å²) in [7, 11) is -1.66. The summed E-state index contributed by atoms with van der Waals surface area (Å²) in [5, 5.41) is 1.43. The maximum atomic E-state index is 13.2. The third-order valence-electron chi connectivity index (χ3n) is 6.61. The molecule has 1 atom stereocenters. The number of amides is 3. The minimum Gasteiger partial charge on any atom is -0.452 e. The number of nitrogens with zero attached hydrogens (tertiary/aromatic N) is 2. The van der Waals surface area contributed by atoms with Crippen LogP contribution in [0.25, 0.3) is 10.8 Å². The summed E-state index contributed by atoms with van der Waals surface area (Å²) in [5.41, 5.74) is 1.27. The fourth-order valence-electron chi connectivity index (χ4n) is 4.61. The molecule has 3 amide bonds. The molecule has 0 aromatic heterocycles. The summed E-state index contributed by atoms with van der Waals surface area (Å²) in [5.74, 6) is -2.24. The van der Waals surface area contributed by atoms with Crippen LogP contribution in [0.1, 0.15) is 37.5 Å². The number of imide groups is 1. The van der Waals surface area contributed by atoms with Crippen molar-refractivity contribution in [3.63, 3.8) is 0 Å². The summed E-state index contributed by atoms with van der Waals surface area (Å²) in [6.07, 6.45) is 0.354. The maximum absolute atomic E-state index is 13.2. The number of rotatable bonds is 5. The third-order valence-corrected chi connectivity index (χ3v) is 8.36. The fourth-order valence-corrected chi connectivity index (χ4v) is 6.38. The molecule has 2 aliphatic heterocycles. The first-order chi connectivity index (χ1) is 17.2. The Bertz CT molecular complexity index is 1480. The maximum Gasteiger partial charge on any atom is 0.338 e. The van der Waals surface area contributed by atoms with Crippen LogP contribution in [0.3, 0.4) is 0 Å². The van der Waals surface area contributed by atoms with Crippen molar-refractivity contribution in [3.8, 4) is 0 Å². The van der Waals surface area contributed by atoms with Gasteiger partial charge in [-0.25, -0.2) is 18.1 Å². The van der Waals surface area contributed by atoms with E-state index in [0.29, 0.717) is 28.6 Å². The van der Waals surface area contributed by atoms with Crippen LogP contribution in [0.4, 0.5) is 5.69 Å². The molecule has 1 fully saturated rings. The van der Waals surface area contributed by atoms with Gasteiger partial charge in [0, 0.05) is 29.6 Å². The quantitative estimate of drug-likeness (QED) is 0.385. The Morgan fingerprint density at radius 3 is 2.14 bits per heavy atom. The summed E-state index contributed by atoms with van der Waals surface area (Å²) < 4.78 is 28.4. The van der Waals surface area contributed by atoms with E-state index in [4.69, 9.17) is 4.74 Å². The van der Waals surface area contributed by atoms with E-state index in [9.17, 15) is 27.6 Å². The highest BCUT2D eigenvalue weighted by Gasteiger charge is 2.34. The molecule has 5 rings (SSSR count). The van der Waals surface area contributed by atoms with Gasteiger partial charge in [-0.05, 0) is 48.2 Å². The van der Waals surface area contributed by atoms with Crippen LogP contribution in [0.15, 0.2) is 60.7 Å². The van der Waals surface area contributed by atoms with Gasteiger partial charge in [-0.3, -0.25) is 14.4 Å². The Balaban J connectivity index is 1.28. The van der Waals surface area contributed by atoms with Gasteiger partial charge in [0.05, 0.1) is 22.8 Å². The van der Waals surface area contributed by atoms with Crippen molar-refractivity contribution in [2.45, 2.75) is 12.5 Å². The molecular weight excluding hydrogens is 484 g/mol. The van der Waals surface area contributed by atoms with Crippen LogP contribution < -0.4 is 4.90 Å². The number of anilines is 1. The number of ether oxygens (including phenoxy) is 1. The number of hydrogen-bond donors (Lipinski definition) is 0. The van der Waals surface area contributed by atoms with Crippen LogP contribution in [-0.2, 0) is 19.4 Å². The largest absolute Gasteiger partial charge is 0.452 e. The van der Waals surface area contributed by atoms with E-state index >= 15 is 0 Å². The van der Waals surface area contributed by atoms with Crippen LogP contribution >= 0.6 is 0 Å². The number of carbonyl (C=O) groups is 4. The molecule has 0 radical (unpaired) electrons. The van der Waals surface area contributed by atoms with Gasteiger partial charge in [0.25, 0.3) is 17.7 Å². The molecule has 3 aromatic rings. The van der Waals surface area contributed by atoms with Gasteiger partial charge < -0.3 is 9.64 Å². The lowest BCUT2D eigenvalue weighted by molar-refractivity contribution is -0.134. The first kappa shape index (κ1) is 23.7. The van der Waals surface area contributed by atoms with Crippen molar-refractivity contribution in [2.24, 2.45) is 0 Å². The average molecular weight is 507 g/mol. The lowest BCUT2D eigenvalue weighted by Gasteiger charge is -2.27. The van der Waals surface area contributed by atoms with Crippen LogP contribution in [-0.4, -0.2) is 68.2 Å². The number of sulfone groups is 1. The van der Waals surface area contributed by atoms with Gasteiger partial charge in [0.1, 0.15) is 0 Å². The number of benzene rings is 3. The molecule has 1 saturated heterocycles. The van der Waals surface area contributed by atoms with E-state index in [1.165, 1.54) is 36.2 Å². The topological polar surface area (TPSA) is 118 Å². The zero-order valence-electron chi connectivity index (χ0n) is 19.3. The van der Waals surface area contributed by atoms with Crippen molar-refractivity contribution in [1.29, 1.82) is 0 Å². The minimum atomic E-state index is -3.15. The monoisotopic (exact) mass is 506 g/mol. The van der Waals surface area contributed by atoms with Gasteiger partial charge in [-0.2, -0.15) is 0 Å². The van der Waals surface area contributed by atoms with E-state index in [1.807, 2.05) is 12.1 Å². The highest BCUT2D eigenvalue weighted by atomic mass is 32.2. The molecule has 2 aliphatic rings. The molecule has 10 heteroatoms. The predicted octanol–water partition coefficient (Wildman–Crippen LogP) is 2.44. The van der Waals surface area contributed by atoms with Crippen molar-refractivity contribution >= 4 is 50.0 Å². The minimum absolute atomic E-state index is 0.0319. The number of likely N-dealkylation sites (N-methyl/N-ethyl adjacent to an activating group) is 1. The lowest BCUT2D eigenvalue weighted by Crippen LogP contribution is -2.40. The molecule has 9 nitrogen and oxygen atoms in total. The normalized spacial score (nSPS) is 18.4. The summed E-state index contributed by atoms with van der Waals surface area (Å²) in [6.45, 7) is -0.530. The van der Waals surface area contributed by atoms with Crippen molar-refractivity contribution in [2.75, 3.05) is 30.1 Å². The van der Waals surface area contributed by atoms with Crippen molar-refractivity contribution < 1.29 is 32.3 Å². The van der Waals surface area contributed by atoms with Gasteiger partial charge in [-0.1, -0.05) is 24.3 Å². The number of esters is 1. The first-order valence-corrected chi connectivity index (χ1v) is 13.1. The summed E-state index contributed by atoms with van der Waals surface area (Å²) in [6, 6.07) is 15.9. The van der Waals surface area contributed by atoms with Gasteiger partial charge in [-0.15, -0.1) is 0 Å². The number of carbonyl (C=O) groups excluding carboxylic acids is 4. The van der Waals surface area contributed by atoms with E-state index in [-0.39, 0.29) is 17.1 Å². The first-order valence-electron chi connectivity index (χ1n) is 11.3. The molecule has 0 saturated carbocycles. The van der Waals surface area contributed by atoms with Crippen molar-refractivity contribution in [1.82, 2.24) is 4.90 Å². The second-order valence-electron chi connectivity index (χ2n) is 8.84. The van der Waals surface area contributed by atoms with Crippen LogP contribution in [0.5, 0.6) is 0 Å². The Hall–Kier alpha value is -4.05. The zero-order chi connectivity index (χ0) is 25.6. The Morgan fingerprint density at radius 2 is 1.58 bits per heavy atom. The second-order valence-corrected chi connectivity index (χ2v) is 11.1. The average Bonchev–Trinajstić information content (AvgIpc) is 3.25. The number of hydrogen-bond acceptors (Lipinski definition) is 7. The molecule has 3 aromatic carbocycles. The molecule has 184 valence electrons. The van der Waals surface area contributed by atoms with E-state index in [2.05, 4.69) is 0 Å². The SMILES string of the molecule is CN(C(=O)COC(=O)c1ccc(N2C(=O)c3cccc4cccc(c34)C2=O)cc1)[C@H]1CCS(=O)(=O)C1. The Labute approximate surface area is 207 Å². The fraction of sp³-hybridized carbons (Fsp3) is 0.231. The van der Waals surface area contributed by atoms with Gasteiger partial charge in [0.15, 0.2) is 16.4 Å². The van der Waals surface area contributed by atoms with Gasteiger partial charge in [0.2, 0.25) is 0 Å². The van der Waals surface area contributed by atoms with Crippen LogP contribution in [0.2, 0.25) is 0 Å². The van der Waals surface area contributed by atoms with Crippen LogP contribution in [0, 0.1) is 0 Å². The lowest BCUT2D eigenvalue weighted by atomic mass is 9.94. The van der Waals surface area contributed by atoms with E-state index < -0.39 is 46.2 Å². The Kier molecular flexibility index (Phi) is 5.83.